The van der Waals surface area contributed by atoms with E-state index in [4.69, 9.17) is 5.73 Å². The normalized spacial score (nSPS) is 11.1. The van der Waals surface area contributed by atoms with Crippen LogP contribution in [0.2, 0.25) is 0 Å². The van der Waals surface area contributed by atoms with Gasteiger partial charge in [0.1, 0.15) is 17.8 Å². The summed E-state index contributed by atoms with van der Waals surface area (Å²) in [6.45, 7) is 9.77. The van der Waals surface area contributed by atoms with Crippen LogP contribution in [0.15, 0.2) is 48.9 Å². The maximum absolute atomic E-state index is 13.6. The van der Waals surface area contributed by atoms with Crippen molar-refractivity contribution in [1.29, 1.82) is 0 Å². The number of nitrogens with two attached hydrogens (primary N) is 1. The predicted molar refractivity (Wildman–Crippen MR) is 135 cm³/mol. The third kappa shape index (κ3) is 4.34. The van der Waals surface area contributed by atoms with Crippen molar-refractivity contribution in [2.75, 3.05) is 16.4 Å². The number of hydrogen-bond donors (Lipinski definition) is 3. The number of rotatable bonds is 5. The summed E-state index contributed by atoms with van der Waals surface area (Å²) in [7, 11) is 0. The molecule has 0 spiro atoms. The smallest absolute Gasteiger partial charge is 0.323 e. The van der Waals surface area contributed by atoms with Gasteiger partial charge in [0.25, 0.3) is 0 Å². The lowest BCUT2D eigenvalue weighted by atomic mass is 9.98. The number of hydrogen-bond acceptors (Lipinski definition) is 5. The molecule has 0 saturated heterocycles. The highest BCUT2D eigenvalue weighted by Crippen LogP contribution is 2.30. The van der Waals surface area contributed by atoms with Gasteiger partial charge in [-0.3, -0.25) is 4.79 Å². The Kier molecular flexibility index (Phi) is 6.06. The van der Waals surface area contributed by atoms with Gasteiger partial charge in [0.2, 0.25) is 0 Å². The first-order chi connectivity index (χ1) is 16.2. The highest BCUT2D eigenvalue weighted by molar-refractivity contribution is 6.19. The molecule has 2 aromatic carbocycles. The standard InChI is InChI=1S/C26H28N6O2/c1-14(2)32-12-20(22-24(27)28-13-29-25(22)32)23(33)19-11-18(9-8-16(19)4)30-26(34)31-21-10-15(3)6-7-17(21)5/h6-14H,1-5H3,(H2,27,28,29)(H2,30,31,34). The Morgan fingerprint density at radius 3 is 2.41 bits per heavy atom. The summed E-state index contributed by atoms with van der Waals surface area (Å²) in [6.07, 6.45) is 3.17. The van der Waals surface area contributed by atoms with E-state index in [1.165, 1.54) is 6.33 Å². The summed E-state index contributed by atoms with van der Waals surface area (Å²) in [5.41, 5.74) is 11.7. The predicted octanol–water partition coefficient (Wildman–Crippen LogP) is 5.39. The van der Waals surface area contributed by atoms with Gasteiger partial charge in [0.05, 0.1) is 10.9 Å². The Labute approximate surface area is 198 Å². The SMILES string of the molecule is Cc1ccc(C)c(NC(=O)Nc2ccc(C)c(C(=O)c3cn(C(C)C)c4ncnc(N)c34)c2)c1. The highest BCUT2D eigenvalue weighted by Gasteiger charge is 2.22. The van der Waals surface area contributed by atoms with Gasteiger partial charge in [0, 0.05) is 29.2 Å². The average Bonchev–Trinajstić information content (AvgIpc) is 3.18. The molecule has 0 atom stereocenters. The van der Waals surface area contributed by atoms with Crippen molar-refractivity contribution in [3.05, 3.63) is 76.7 Å². The number of nitrogens with one attached hydrogen (secondary N) is 2. The number of carbonyl (C=O) groups excluding carboxylic acids is 2. The van der Waals surface area contributed by atoms with E-state index >= 15 is 0 Å². The topological polar surface area (TPSA) is 115 Å². The minimum absolute atomic E-state index is 0.0845. The Morgan fingerprint density at radius 2 is 1.68 bits per heavy atom. The van der Waals surface area contributed by atoms with Crippen LogP contribution in [0.1, 0.15) is 52.5 Å². The van der Waals surface area contributed by atoms with Crippen molar-refractivity contribution in [1.82, 2.24) is 14.5 Å². The number of carbonyl (C=O) groups is 2. The average molecular weight is 457 g/mol. The summed E-state index contributed by atoms with van der Waals surface area (Å²) in [4.78, 5) is 34.7. The van der Waals surface area contributed by atoms with E-state index in [1.807, 2.05) is 63.5 Å². The van der Waals surface area contributed by atoms with Crippen LogP contribution in [-0.4, -0.2) is 26.3 Å². The fourth-order valence-corrected chi connectivity index (χ4v) is 3.92. The van der Waals surface area contributed by atoms with Crippen LogP contribution in [0, 0.1) is 20.8 Å². The molecule has 2 heterocycles. The van der Waals surface area contributed by atoms with Crippen molar-refractivity contribution >= 4 is 40.0 Å². The molecule has 4 rings (SSSR count). The van der Waals surface area contributed by atoms with Crippen LogP contribution >= 0.6 is 0 Å². The van der Waals surface area contributed by atoms with Gasteiger partial charge in [-0.2, -0.15) is 0 Å². The number of urea groups is 1. The van der Waals surface area contributed by atoms with Crippen LogP contribution in [0.4, 0.5) is 22.0 Å². The van der Waals surface area contributed by atoms with E-state index in [0.717, 1.165) is 22.4 Å². The molecule has 8 heteroatoms. The van der Waals surface area contributed by atoms with E-state index < -0.39 is 0 Å². The molecule has 4 aromatic rings. The maximum Gasteiger partial charge on any atom is 0.323 e. The van der Waals surface area contributed by atoms with Crippen LogP contribution in [0.3, 0.4) is 0 Å². The maximum atomic E-state index is 13.6. The van der Waals surface area contributed by atoms with E-state index in [0.29, 0.717) is 27.8 Å². The van der Waals surface area contributed by atoms with E-state index in [9.17, 15) is 9.59 Å². The van der Waals surface area contributed by atoms with Crippen LogP contribution in [0.25, 0.3) is 11.0 Å². The third-order valence-electron chi connectivity index (χ3n) is 5.82. The third-order valence-corrected chi connectivity index (χ3v) is 5.82. The molecule has 0 unspecified atom stereocenters. The minimum Gasteiger partial charge on any atom is -0.383 e. The molecule has 8 nitrogen and oxygen atoms in total. The fourth-order valence-electron chi connectivity index (χ4n) is 3.92. The Hall–Kier alpha value is -4.20. The van der Waals surface area contributed by atoms with Gasteiger partial charge in [-0.1, -0.05) is 18.2 Å². The second-order valence-electron chi connectivity index (χ2n) is 8.76. The van der Waals surface area contributed by atoms with Crippen molar-refractivity contribution in [3.63, 3.8) is 0 Å². The van der Waals surface area contributed by atoms with E-state index in [1.54, 1.807) is 18.3 Å². The Morgan fingerprint density at radius 1 is 0.941 bits per heavy atom. The number of anilines is 3. The molecule has 0 bridgehead atoms. The molecule has 0 aliphatic heterocycles. The first kappa shape index (κ1) is 23.0. The van der Waals surface area contributed by atoms with Crippen LogP contribution in [0.5, 0.6) is 0 Å². The molecule has 34 heavy (non-hydrogen) atoms. The zero-order valence-electron chi connectivity index (χ0n) is 19.9. The number of nitrogen functional groups attached to an aromatic ring is 1. The summed E-state index contributed by atoms with van der Waals surface area (Å²) < 4.78 is 1.91. The summed E-state index contributed by atoms with van der Waals surface area (Å²) in [5, 5.41) is 6.23. The van der Waals surface area contributed by atoms with Crippen LogP contribution < -0.4 is 16.4 Å². The van der Waals surface area contributed by atoms with Crippen molar-refractivity contribution < 1.29 is 9.59 Å². The summed E-state index contributed by atoms with van der Waals surface area (Å²) in [6, 6.07) is 10.8. The molecule has 2 amide bonds. The highest BCUT2D eigenvalue weighted by atomic mass is 16.2. The molecule has 4 N–H and O–H groups in total. The first-order valence-corrected chi connectivity index (χ1v) is 11.1. The number of amides is 2. The Bertz CT molecular complexity index is 1420. The molecule has 2 aromatic heterocycles. The molecular formula is C26H28N6O2. The van der Waals surface area contributed by atoms with Gasteiger partial charge in [-0.05, 0) is 69.5 Å². The number of ketones is 1. The number of benzene rings is 2. The molecule has 0 saturated carbocycles. The second kappa shape index (κ2) is 8.97. The first-order valence-electron chi connectivity index (χ1n) is 11.1. The molecular weight excluding hydrogens is 428 g/mol. The minimum atomic E-state index is -0.384. The van der Waals surface area contributed by atoms with Gasteiger partial charge in [0.15, 0.2) is 5.78 Å². The number of aromatic nitrogens is 3. The van der Waals surface area contributed by atoms with E-state index in [-0.39, 0.29) is 23.7 Å². The fraction of sp³-hybridized carbons (Fsp3) is 0.231. The van der Waals surface area contributed by atoms with Crippen molar-refractivity contribution in [2.24, 2.45) is 0 Å². The van der Waals surface area contributed by atoms with Gasteiger partial charge < -0.3 is 20.9 Å². The zero-order chi connectivity index (χ0) is 24.6. The van der Waals surface area contributed by atoms with Gasteiger partial charge in [-0.15, -0.1) is 0 Å². The lowest BCUT2D eigenvalue weighted by molar-refractivity contribution is 0.103. The quantitative estimate of drug-likeness (QED) is 0.348. The summed E-state index contributed by atoms with van der Waals surface area (Å²) in [5.74, 6) is 0.0505. The largest absolute Gasteiger partial charge is 0.383 e. The molecule has 0 aliphatic carbocycles. The molecule has 174 valence electrons. The van der Waals surface area contributed by atoms with Crippen molar-refractivity contribution in [3.8, 4) is 0 Å². The molecule has 0 fully saturated rings. The lowest BCUT2D eigenvalue weighted by Gasteiger charge is -2.12. The second-order valence-corrected chi connectivity index (χ2v) is 8.76. The number of fused-ring (bicyclic) bond motifs is 1. The molecule has 0 aliphatic rings. The summed E-state index contributed by atoms with van der Waals surface area (Å²) >= 11 is 0. The lowest BCUT2D eigenvalue weighted by Crippen LogP contribution is -2.20. The van der Waals surface area contributed by atoms with Crippen molar-refractivity contribution in [2.45, 2.75) is 40.7 Å². The van der Waals surface area contributed by atoms with E-state index in [2.05, 4.69) is 20.6 Å². The van der Waals surface area contributed by atoms with Gasteiger partial charge >= 0.3 is 6.03 Å². The monoisotopic (exact) mass is 456 g/mol. The number of nitrogens with zero attached hydrogens (tertiary/aromatic N) is 3. The Balaban J connectivity index is 1.66. The van der Waals surface area contributed by atoms with Crippen LogP contribution in [-0.2, 0) is 0 Å². The molecule has 0 radical (unpaired) electrons. The van der Waals surface area contributed by atoms with Gasteiger partial charge in [-0.25, -0.2) is 14.8 Å². The zero-order valence-corrected chi connectivity index (χ0v) is 19.9. The number of aryl methyl sites for hydroxylation is 3.